The first-order chi connectivity index (χ1) is 13.2. The molecule has 3 aromatic heterocycles. The van der Waals surface area contributed by atoms with Crippen molar-refractivity contribution in [2.45, 2.75) is 6.92 Å². The van der Waals surface area contributed by atoms with Crippen molar-refractivity contribution >= 4 is 28.8 Å². The van der Waals surface area contributed by atoms with Gasteiger partial charge in [0.25, 0.3) is 0 Å². The van der Waals surface area contributed by atoms with E-state index < -0.39 is 0 Å². The number of anilines is 2. The third-order valence-electron chi connectivity index (χ3n) is 4.65. The molecule has 0 spiro atoms. The molecule has 0 aliphatic carbocycles. The number of fused-ring (bicyclic) bond motifs is 1. The van der Waals surface area contributed by atoms with Crippen LogP contribution in [0.2, 0.25) is 0 Å². The number of hydrogen-bond acceptors (Lipinski definition) is 7. The zero-order chi connectivity index (χ0) is 18.8. The lowest BCUT2D eigenvalue weighted by Gasteiger charge is -2.35. The molecule has 3 aromatic rings. The number of carbonyl (C=O) groups is 1. The second kappa shape index (κ2) is 7.10. The number of nitrogens with zero attached hydrogens (tertiary/aromatic N) is 5. The largest absolute Gasteiger partial charge is 0.450 e. The van der Waals surface area contributed by atoms with Crippen molar-refractivity contribution in [3.8, 4) is 11.3 Å². The molecule has 1 amide bonds. The number of piperazine rings is 1. The molecule has 0 unspecified atom stereocenters. The second-order valence-electron chi connectivity index (χ2n) is 6.23. The molecule has 1 aliphatic heterocycles. The van der Waals surface area contributed by atoms with Gasteiger partial charge in [-0.1, -0.05) is 0 Å². The summed E-state index contributed by atoms with van der Waals surface area (Å²) in [6.45, 7) is 4.86. The summed E-state index contributed by atoms with van der Waals surface area (Å²) in [6, 6.07) is 3.82. The fraction of sp³-hybridized carbons (Fsp3) is 0.333. The smallest absolute Gasteiger partial charge is 0.409 e. The van der Waals surface area contributed by atoms with Crippen LogP contribution in [-0.2, 0) is 4.74 Å². The number of pyridine rings is 1. The van der Waals surface area contributed by atoms with E-state index in [2.05, 4.69) is 24.8 Å². The van der Waals surface area contributed by atoms with Crippen LogP contribution in [0.5, 0.6) is 0 Å². The van der Waals surface area contributed by atoms with E-state index in [1.807, 2.05) is 25.3 Å². The van der Waals surface area contributed by atoms with Crippen LogP contribution in [0, 0.1) is 0 Å². The lowest BCUT2D eigenvalue weighted by Crippen LogP contribution is -2.49. The van der Waals surface area contributed by atoms with Crippen molar-refractivity contribution in [3.63, 3.8) is 0 Å². The van der Waals surface area contributed by atoms with Crippen LogP contribution in [0.25, 0.3) is 22.3 Å². The lowest BCUT2D eigenvalue weighted by molar-refractivity contribution is 0.105. The second-order valence-corrected chi connectivity index (χ2v) is 6.23. The summed E-state index contributed by atoms with van der Waals surface area (Å²) < 4.78 is 5.10. The van der Waals surface area contributed by atoms with E-state index in [0.29, 0.717) is 32.8 Å². The number of H-pyrrole nitrogens is 1. The van der Waals surface area contributed by atoms with Gasteiger partial charge in [0, 0.05) is 50.3 Å². The highest BCUT2D eigenvalue weighted by Gasteiger charge is 2.24. The molecule has 1 saturated heterocycles. The lowest BCUT2D eigenvalue weighted by atomic mass is 10.1. The summed E-state index contributed by atoms with van der Waals surface area (Å²) in [5, 5.41) is 0.986. The molecule has 0 atom stereocenters. The van der Waals surface area contributed by atoms with E-state index in [4.69, 9.17) is 10.5 Å². The normalized spacial score (nSPS) is 14.6. The number of nitrogens with two attached hydrogens (primary N) is 1. The fourth-order valence-electron chi connectivity index (χ4n) is 3.37. The summed E-state index contributed by atoms with van der Waals surface area (Å²) in [6.07, 6.45) is 5.06. The summed E-state index contributed by atoms with van der Waals surface area (Å²) in [4.78, 5) is 31.9. The molecule has 4 rings (SSSR count). The molecule has 1 aliphatic rings. The minimum absolute atomic E-state index is 0.232. The highest BCUT2D eigenvalue weighted by Crippen LogP contribution is 2.34. The molecular formula is C18H21N7O2. The summed E-state index contributed by atoms with van der Waals surface area (Å²) in [7, 11) is 0. The highest BCUT2D eigenvalue weighted by molar-refractivity contribution is 6.02. The van der Waals surface area contributed by atoms with Crippen LogP contribution in [0.1, 0.15) is 6.92 Å². The number of aromatic nitrogens is 4. The highest BCUT2D eigenvalue weighted by atomic mass is 16.6. The first-order valence-electron chi connectivity index (χ1n) is 8.89. The zero-order valence-electron chi connectivity index (χ0n) is 15.1. The van der Waals surface area contributed by atoms with Crippen LogP contribution < -0.4 is 10.6 Å². The number of amides is 1. The van der Waals surface area contributed by atoms with Gasteiger partial charge in [0.2, 0.25) is 5.95 Å². The van der Waals surface area contributed by atoms with E-state index in [0.717, 1.165) is 28.0 Å². The topological polar surface area (TPSA) is 113 Å². The van der Waals surface area contributed by atoms with Crippen molar-refractivity contribution < 1.29 is 9.53 Å². The molecule has 4 heterocycles. The summed E-state index contributed by atoms with van der Waals surface area (Å²) in [5.41, 5.74) is 9.26. The number of nitrogens with one attached hydrogen (secondary N) is 1. The third kappa shape index (κ3) is 3.23. The number of hydrogen-bond donors (Lipinski definition) is 2. The van der Waals surface area contributed by atoms with Gasteiger partial charge in [0.15, 0.2) is 0 Å². The Morgan fingerprint density at radius 3 is 2.74 bits per heavy atom. The van der Waals surface area contributed by atoms with Crippen molar-refractivity contribution in [2.75, 3.05) is 43.4 Å². The monoisotopic (exact) mass is 367 g/mol. The van der Waals surface area contributed by atoms with Gasteiger partial charge in [0.05, 0.1) is 23.4 Å². The minimum Gasteiger partial charge on any atom is -0.450 e. The predicted molar refractivity (Wildman–Crippen MR) is 102 cm³/mol. The Morgan fingerprint density at radius 2 is 2.00 bits per heavy atom. The Hall–Kier alpha value is -3.36. The fourth-order valence-corrected chi connectivity index (χ4v) is 3.37. The van der Waals surface area contributed by atoms with Crippen LogP contribution in [0.3, 0.4) is 0 Å². The zero-order valence-corrected chi connectivity index (χ0v) is 15.1. The van der Waals surface area contributed by atoms with Gasteiger partial charge in [-0.05, 0) is 19.1 Å². The third-order valence-corrected chi connectivity index (χ3v) is 4.65. The Bertz CT molecular complexity index is 963. The number of rotatable bonds is 3. The summed E-state index contributed by atoms with van der Waals surface area (Å²) >= 11 is 0. The molecule has 9 nitrogen and oxygen atoms in total. The van der Waals surface area contributed by atoms with E-state index >= 15 is 0 Å². The van der Waals surface area contributed by atoms with Gasteiger partial charge in [0.1, 0.15) is 5.65 Å². The van der Waals surface area contributed by atoms with Gasteiger partial charge in [-0.2, -0.15) is 0 Å². The van der Waals surface area contributed by atoms with Gasteiger partial charge in [-0.25, -0.2) is 19.7 Å². The molecule has 0 saturated carbocycles. The van der Waals surface area contributed by atoms with Gasteiger partial charge in [-0.15, -0.1) is 0 Å². The molecule has 0 radical (unpaired) electrons. The summed E-state index contributed by atoms with van der Waals surface area (Å²) in [5.74, 6) is 0.232. The maximum absolute atomic E-state index is 11.9. The van der Waals surface area contributed by atoms with E-state index in [1.165, 1.54) is 0 Å². The number of nitrogen functional groups attached to an aromatic ring is 1. The van der Waals surface area contributed by atoms with Gasteiger partial charge >= 0.3 is 6.09 Å². The average molecular weight is 367 g/mol. The average Bonchev–Trinajstić information content (AvgIpc) is 3.13. The first-order valence-corrected chi connectivity index (χ1v) is 8.89. The van der Waals surface area contributed by atoms with Crippen molar-refractivity contribution in [1.82, 2.24) is 24.8 Å². The van der Waals surface area contributed by atoms with Crippen molar-refractivity contribution in [2.24, 2.45) is 0 Å². The first kappa shape index (κ1) is 17.1. The number of ether oxygens (including phenoxy) is 1. The van der Waals surface area contributed by atoms with Crippen LogP contribution in [-0.4, -0.2) is 63.7 Å². The quantitative estimate of drug-likeness (QED) is 0.726. The molecule has 1 fully saturated rings. The Balaban J connectivity index is 1.65. The van der Waals surface area contributed by atoms with E-state index in [1.54, 1.807) is 17.3 Å². The number of aromatic amines is 1. The number of carbonyl (C=O) groups excluding carboxylic acids is 1. The maximum Gasteiger partial charge on any atom is 0.409 e. The molecule has 0 aromatic carbocycles. The SMILES string of the molecule is CCOC(=O)N1CCN(c2ccnc3[nH]cc(-c4ccnc(N)n4)c23)CC1. The maximum atomic E-state index is 11.9. The minimum atomic E-state index is -0.254. The van der Waals surface area contributed by atoms with Crippen LogP contribution in [0.15, 0.2) is 30.7 Å². The van der Waals surface area contributed by atoms with E-state index in [-0.39, 0.29) is 12.0 Å². The Kier molecular flexibility index (Phi) is 4.49. The molecule has 27 heavy (non-hydrogen) atoms. The van der Waals surface area contributed by atoms with E-state index in [9.17, 15) is 4.79 Å². The molecule has 9 heteroatoms. The Morgan fingerprint density at radius 1 is 1.22 bits per heavy atom. The van der Waals surface area contributed by atoms with Crippen LogP contribution in [0.4, 0.5) is 16.4 Å². The van der Waals surface area contributed by atoms with Crippen molar-refractivity contribution in [1.29, 1.82) is 0 Å². The van der Waals surface area contributed by atoms with Crippen molar-refractivity contribution in [3.05, 3.63) is 30.7 Å². The molecular weight excluding hydrogens is 346 g/mol. The van der Waals surface area contributed by atoms with Gasteiger partial charge < -0.3 is 25.3 Å². The molecule has 0 bridgehead atoms. The van der Waals surface area contributed by atoms with Gasteiger partial charge in [-0.3, -0.25) is 0 Å². The van der Waals surface area contributed by atoms with Crippen LogP contribution >= 0.6 is 0 Å². The predicted octanol–water partition coefficient (Wildman–Crippen LogP) is 1.88. The standard InChI is InChI=1S/C18H21N7O2/c1-2-27-18(26)25-9-7-24(8-10-25)14-4-6-20-16-15(14)12(11-22-16)13-3-5-21-17(19)23-13/h3-6,11H,2,7-10H2,1H3,(H,20,22)(H2,19,21,23). The molecule has 3 N–H and O–H groups in total. The molecule has 140 valence electrons. The Labute approximate surface area is 156 Å².